The minimum Gasteiger partial charge on any atom is -0.396 e. The van der Waals surface area contributed by atoms with Crippen molar-refractivity contribution < 1.29 is 5.11 Å². The van der Waals surface area contributed by atoms with Crippen LogP contribution in [-0.4, -0.2) is 24.8 Å². The maximum absolute atomic E-state index is 9.33. The second-order valence-electron chi connectivity index (χ2n) is 5.21. The molecular formula is C15H24N2O. The van der Waals surface area contributed by atoms with E-state index in [0.29, 0.717) is 12.5 Å². The molecule has 18 heavy (non-hydrogen) atoms. The topological polar surface area (TPSA) is 49.5 Å². The summed E-state index contributed by atoms with van der Waals surface area (Å²) in [7, 11) is 0. The average molecular weight is 248 g/mol. The Morgan fingerprint density at radius 3 is 2.94 bits per heavy atom. The molecule has 0 bridgehead atoms. The maximum Gasteiger partial charge on any atom is 0.0476 e. The van der Waals surface area contributed by atoms with Crippen LogP contribution in [0.25, 0.3) is 0 Å². The molecule has 0 radical (unpaired) electrons. The van der Waals surface area contributed by atoms with Crippen molar-refractivity contribution in [2.24, 2.45) is 11.7 Å². The van der Waals surface area contributed by atoms with Crippen LogP contribution in [0.4, 0.5) is 5.69 Å². The van der Waals surface area contributed by atoms with Crippen LogP contribution in [0.1, 0.15) is 37.8 Å². The van der Waals surface area contributed by atoms with E-state index in [1.54, 1.807) is 0 Å². The molecule has 1 heterocycles. The predicted molar refractivity (Wildman–Crippen MR) is 75.7 cm³/mol. The lowest BCUT2D eigenvalue weighted by Crippen LogP contribution is -2.37. The summed E-state index contributed by atoms with van der Waals surface area (Å²) in [5.74, 6) is 0.407. The van der Waals surface area contributed by atoms with Crippen LogP contribution in [0.15, 0.2) is 24.3 Å². The van der Waals surface area contributed by atoms with Gasteiger partial charge in [0.2, 0.25) is 0 Å². The Morgan fingerprint density at radius 1 is 1.44 bits per heavy atom. The zero-order valence-electron chi connectivity index (χ0n) is 11.2. The molecule has 1 aliphatic heterocycles. The fraction of sp³-hybridized carbons (Fsp3) is 0.600. The lowest BCUT2D eigenvalue weighted by atomic mass is 9.96. The van der Waals surface area contributed by atoms with Crippen LogP contribution < -0.4 is 10.6 Å². The summed E-state index contributed by atoms with van der Waals surface area (Å²) >= 11 is 0. The van der Waals surface area contributed by atoms with Crippen molar-refractivity contribution >= 4 is 5.69 Å². The molecule has 1 unspecified atom stereocenters. The molecule has 0 aromatic heterocycles. The third-order valence-corrected chi connectivity index (χ3v) is 3.89. The summed E-state index contributed by atoms with van der Waals surface area (Å²) in [4.78, 5) is 2.38. The zero-order chi connectivity index (χ0) is 13.0. The van der Waals surface area contributed by atoms with Crippen LogP contribution in [0.3, 0.4) is 0 Å². The highest BCUT2D eigenvalue weighted by Crippen LogP contribution is 2.30. The minimum absolute atomic E-state index is 0.107. The largest absolute Gasteiger partial charge is 0.396 e. The second kappa shape index (κ2) is 6.21. The molecule has 3 heteroatoms. The molecular weight excluding hydrogens is 224 g/mol. The molecule has 2 atom stereocenters. The molecule has 1 aromatic carbocycles. The summed E-state index contributed by atoms with van der Waals surface area (Å²) in [6.07, 6.45) is 3.24. The first-order valence-corrected chi connectivity index (χ1v) is 6.96. The van der Waals surface area contributed by atoms with E-state index < -0.39 is 0 Å². The predicted octanol–water partition coefficient (Wildman–Crippen LogP) is 2.31. The molecule has 1 aliphatic rings. The normalized spacial score (nSPS) is 21.9. The van der Waals surface area contributed by atoms with Gasteiger partial charge in [0.05, 0.1) is 0 Å². The van der Waals surface area contributed by atoms with Gasteiger partial charge in [-0.1, -0.05) is 25.1 Å². The third-order valence-electron chi connectivity index (χ3n) is 3.89. The molecule has 3 N–H and O–H groups in total. The Labute approximate surface area is 110 Å². The van der Waals surface area contributed by atoms with Gasteiger partial charge in [-0.2, -0.15) is 0 Å². The summed E-state index contributed by atoms with van der Waals surface area (Å²) in [5, 5.41) is 9.33. The van der Waals surface area contributed by atoms with Crippen molar-refractivity contribution in [3.63, 3.8) is 0 Å². The van der Waals surface area contributed by atoms with Gasteiger partial charge < -0.3 is 15.7 Å². The summed E-state index contributed by atoms with van der Waals surface area (Å²) < 4.78 is 0. The number of aliphatic hydroxyl groups is 1. The SMILES string of the molecule is CC[C@H](N)c1ccccc1N1CCCC(CO)C1. The fourth-order valence-corrected chi connectivity index (χ4v) is 2.74. The highest BCUT2D eigenvalue weighted by atomic mass is 16.3. The van der Waals surface area contributed by atoms with Gasteiger partial charge in [-0.3, -0.25) is 0 Å². The highest BCUT2D eigenvalue weighted by Gasteiger charge is 2.22. The Hall–Kier alpha value is -1.06. The highest BCUT2D eigenvalue weighted by molar-refractivity contribution is 5.55. The van der Waals surface area contributed by atoms with E-state index in [9.17, 15) is 5.11 Å². The quantitative estimate of drug-likeness (QED) is 0.859. The summed E-state index contributed by atoms with van der Waals surface area (Å²) in [6, 6.07) is 8.53. The maximum atomic E-state index is 9.33. The smallest absolute Gasteiger partial charge is 0.0476 e. The van der Waals surface area contributed by atoms with Gasteiger partial charge in [0, 0.05) is 31.4 Å². The minimum atomic E-state index is 0.107. The Morgan fingerprint density at radius 2 is 2.22 bits per heavy atom. The van der Waals surface area contributed by atoms with Crippen molar-refractivity contribution in [3.8, 4) is 0 Å². The van der Waals surface area contributed by atoms with Crippen LogP contribution in [-0.2, 0) is 0 Å². The molecule has 0 aliphatic carbocycles. The molecule has 3 nitrogen and oxygen atoms in total. The van der Waals surface area contributed by atoms with Crippen LogP contribution >= 0.6 is 0 Å². The molecule has 1 fully saturated rings. The van der Waals surface area contributed by atoms with Gasteiger partial charge >= 0.3 is 0 Å². The van der Waals surface area contributed by atoms with Crippen molar-refractivity contribution in [3.05, 3.63) is 29.8 Å². The molecule has 2 rings (SSSR count). The molecule has 0 amide bonds. The number of para-hydroxylation sites is 1. The van der Waals surface area contributed by atoms with Gasteiger partial charge in [0.25, 0.3) is 0 Å². The number of hydrogen-bond donors (Lipinski definition) is 2. The molecule has 0 saturated carbocycles. The van der Waals surface area contributed by atoms with Crippen LogP contribution in [0.5, 0.6) is 0 Å². The Balaban J connectivity index is 2.21. The van der Waals surface area contributed by atoms with E-state index in [1.165, 1.54) is 11.3 Å². The number of nitrogens with zero attached hydrogens (tertiary/aromatic N) is 1. The molecule has 1 saturated heterocycles. The van der Waals surface area contributed by atoms with E-state index in [1.807, 2.05) is 0 Å². The number of anilines is 1. The third kappa shape index (κ3) is 2.85. The van der Waals surface area contributed by atoms with Crippen molar-refractivity contribution in [2.75, 3.05) is 24.6 Å². The van der Waals surface area contributed by atoms with Gasteiger partial charge in [0.15, 0.2) is 0 Å². The Bertz CT molecular complexity index is 381. The molecule has 100 valence electrons. The lowest BCUT2D eigenvalue weighted by molar-refractivity contribution is 0.208. The molecule has 1 aromatic rings. The monoisotopic (exact) mass is 248 g/mol. The van der Waals surface area contributed by atoms with Gasteiger partial charge in [0.1, 0.15) is 0 Å². The van der Waals surface area contributed by atoms with Gasteiger partial charge in [-0.05, 0) is 36.8 Å². The van der Waals surface area contributed by atoms with E-state index in [0.717, 1.165) is 32.4 Å². The lowest BCUT2D eigenvalue weighted by Gasteiger charge is -2.35. The average Bonchev–Trinajstić information content (AvgIpc) is 2.46. The van der Waals surface area contributed by atoms with E-state index in [2.05, 4.69) is 36.1 Å². The summed E-state index contributed by atoms with van der Waals surface area (Å²) in [5.41, 5.74) is 8.68. The second-order valence-corrected chi connectivity index (χ2v) is 5.21. The van der Waals surface area contributed by atoms with E-state index in [4.69, 9.17) is 5.73 Å². The fourth-order valence-electron chi connectivity index (χ4n) is 2.74. The van der Waals surface area contributed by atoms with Crippen LogP contribution in [0, 0.1) is 5.92 Å². The van der Waals surface area contributed by atoms with Gasteiger partial charge in [-0.15, -0.1) is 0 Å². The number of hydrogen-bond acceptors (Lipinski definition) is 3. The first kappa shape index (κ1) is 13.4. The number of nitrogens with two attached hydrogens (primary N) is 1. The summed E-state index contributed by atoms with van der Waals surface area (Å²) in [6.45, 7) is 4.43. The number of aliphatic hydroxyl groups excluding tert-OH is 1. The molecule has 0 spiro atoms. The number of benzene rings is 1. The van der Waals surface area contributed by atoms with Gasteiger partial charge in [-0.25, -0.2) is 0 Å². The van der Waals surface area contributed by atoms with Crippen molar-refractivity contribution in [1.29, 1.82) is 0 Å². The standard InChI is InChI=1S/C15H24N2O/c1-2-14(16)13-7-3-4-8-15(13)17-9-5-6-12(10-17)11-18/h3-4,7-8,12,14,18H,2,5-6,9-11,16H2,1H3/t12?,14-/m0/s1. The Kier molecular flexibility index (Phi) is 4.61. The van der Waals surface area contributed by atoms with Crippen molar-refractivity contribution in [1.82, 2.24) is 0 Å². The first-order valence-electron chi connectivity index (χ1n) is 6.96. The zero-order valence-corrected chi connectivity index (χ0v) is 11.2. The van der Waals surface area contributed by atoms with Crippen LogP contribution in [0.2, 0.25) is 0 Å². The first-order chi connectivity index (χ1) is 8.76. The van der Waals surface area contributed by atoms with E-state index in [-0.39, 0.29) is 6.04 Å². The van der Waals surface area contributed by atoms with Crippen molar-refractivity contribution in [2.45, 2.75) is 32.2 Å². The number of piperidine rings is 1. The van der Waals surface area contributed by atoms with E-state index >= 15 is 0 Å². The number of rotatable bonds is 4.